The number of amides is 2. The Bertz CT molecular complexity index is 1170. The predicted molar refractivity (Wildman–Crippen MR) is 136 cm³/mol. The Labute approximate surface area is 223 Å². The molecule has 39 heavy (non-hydrogen) atoms. The predicted octanol–water partition coefficient (Wildman–Crippen LogP) is 3.84. The average molecular weight is 557 g/mol. The van der Waals surface area contributed by atoms with Crippen LogP contribution in [0.4, 0.5) is 17.6 Å². The monoisotopic (exact) mass is 556 g/mol. The number of nitrogens with two attached hydrogens (primary N) is 1. The SMILES string of the molecule is CCC(C)C[C@@H](N=C(N)NC(=O)Cc1ccc(OC)c(OC)c1)C(=O)NCc1ccc(F)c(OC(F)(F)F)c1. The lowest BCUT2D eigenvalue weighted by atomic mass is 9.99. The van der Waals surface area contributed by atoms with Crippen LogP contribution in [0.2, 0.25) is 0 Å². The zero-order valence-corrected chi connectivity index (χ0v) is 22.0. The first-order valence-corrected chi connectivity index (χ1v) is 12.0. The van der Waals surface area contributed by atoms with E-state index in [1.807, 2.05) is 13.8 Å². The third-order valence-electron chi connectivity index (χ3n) is 5.69. The minimum atomic E-state index is -5.07. The highest BCUT2D eigenvalue weighted by Crippen LogP contribution is 2.28. The van der Waals surface area contributed by atoms with Crippen LogP contribution in [0.15, 0.2) is 41.4 Å². The van der Waals surface area contributed by atoms with E-state index in [0.717, 1.165) is 18.6 Å². The number of ether oxygens (including phenoxy) is 3. The van der Waals surface area contributed by atoms with Crippen molar-refractivity contribution in [1.29, 1.82) is 0 Å². The van der Waals surface area contributed by atoms with E-state index in [4.69, 9.17) is 15.2 Å². The zero-order chi connectivity index (χ0) is 29.2. The Morgan fingerprint density at radius 1 is 1.03 bits per heavy atom. The fraction of sp³-hybridized carbons (Fsp3) is 0.423. The van der Waals surface area contributed by atoms with Crippen LogP contribution in [0, 0.1) is 11.7 Å². The van der Waals surface area contributed by atoms with E-state index in [1.165, 1.54) is 20.3 Å². The lowest BCUT2D eigenvalue weighted by molar-refractivity contribution is -0.275. The van der Waals surface area contributed by atoms with Gasteiger partial charge in [0, 0.05) is 6.54 Å². The van der Waals surface area contributed by atoms with E-state index >= 15 is 0 Å². The second-order valence-electron chi connectivity index (χ2n) is 8.72. The second kappa shape index (κ2) is 14.2. The Balaban J connectivity index is 2.09. The van der Waals surface area contributed by atoms with Gasteiger partial charge in [0.2, 0.25) is 11.8 Å². The van der Waals surface area contributed by atoms with Gasteiger partial charge in [0.05, 0.1) is 20.6 Å². The number of guanidine groups is 1. The van der Waals surface area contributed by atoms with Crippen molar-refractivity contribution in [2.45, 2.75) is 52.1 Å². The smallest absolute Gasteiger partial charge is 0.493 e. The van der Waals surface area contributed by atoms with Crippen LogP contribution in [0.5, 0.6) is 17.2 Å². The first-order valence-electron chi connectivity index (χ1n) is 12.0. The van der Waals surface area contributed by atoms with Crippen LogP contribution in [0.3, 0.4) is 0 Å². The van der Waals surface area contributed by atoms with Crippen molar-refractivity contribution in [1.82, 2.24) is 10.6 Å². The zero-order valence-electron chi connectivity index (χ0n) is 22.0. The normalized spacial score (nSPS) is 13.3. The number of methoxy groups -OCH3 is 2. The molecule has 0 saturated heterocycles. The van der Waals surface area contributed by atoms with Crippen LogP contribution in [-0.4, -0.2) is 44.4 Å². The molecular weight excluding hydrogens is 524 g/mol. The van der Waals surface area contributed by atoms with Gasteiger partial charge in [0.15, 0.2) is 29.0 Å². The van der Waals surface area contributed by atoms with Crippen molar-refractivity contribution in [3.8, 4) is 17.2 Å². The molecule has 9 nitrogen and oxygen atoms in total. The summed E-state index contributed by atoms with van der Waals surface area (Å²) in [6.07, 6.45) is -4.09. The van der Waals surface area contributed by atoms with Gasteiger partial charge < -0.3 is 25.3 Å². The molecule has 0 bridgehead atoms. The van der Waals surface area contributed by atoms with Gasteiger partial charge in [-0.1, -0.05) is 32.4 Å². The molecule has 13 heteroatoms. The fourth-order valence-electron chi connectivity index (χ4n) is 3.50. The lowest BCUT2D eigenvalue weighted by Gasteiger charge is -2.18. The number of hydrogen-bond donors (Lipinski definition) is 3. The minimum absolute atomic E-state index is 0.0499. The molecule has 2 rings (SSSR count). The Morgan fingerprint density at radius 3 is 2.28 bits per heavy atom. The highest BCUT2D eigenvalue weighted by molar-refractivity contribution is 5.98. The molecule has 0 fully saturated rings. The molecule has 214 valence electrons. The number of nitrogens with zero attached hydrogens (tertiary/aromatic N) is 1. The molecule has 0 saturated carbocycles. The van der Waals surface area contributed by atoms with Crippen LogP contribution < -0.4 is 30.6 Å². The quantitative estimate of drug-likeness (QED) is 0.207. The number of rotatable bonds is 12. The summed E-state index contributed by atoms with van der Waals surface area (Å²) in [6, 6.07) is 6.87. The van der Waals surface area contributed by atoms with Gasteiger partial charge in [-0.25, -0.2) is 9.38 Å². The summed E-state index contributed by atoms with van der Waals surface area (Å²) in [6.45, 7) is 3.62. The number of benzene rings is 2. The summed E-state index contributed by atoms with van der Waals surface area (Å²) in [7, 11) is 2.97. The molecule has 2 atom stereocenters. The number of hydrogen-bond acceptors (Lipinski definition) is 6. The maximum absolute atomic E-state index is 13.7. The lowest BCUT2D eigenvalue weighted by Crippen LogP contribution is -2.41. The maximum atomic E-state index is 13.7. The van der Waals surface area contributed by atoms with Gasteiger partial charge in [-0.15, -0.1) is 13.2 Å². The number of nitrogens with one attached hydrogen (secondary N) is 2. The number of halogens is 4. The second-order valence-corrected chi connectivity index (χ2v) is 8.72. The summed E-state index contributed by atoms with van der Waals surface area (Å²) in [5, 5.41) is 5.01. The molecule has 4 N–H and O–H groups in total. The van der Waals surface area contributed by atoms with Gasteiger partial charge in [-0.05, 0) is 47.7 Å². The number of aliphatic imine (C=N–C) groups is 1. The summed E-state index contributed by atoms with van der Waals surface area (Å²) in [4.78, 5) is 29.6. The van der Waals surface area contributed by atoms with Crippen LogP contribution in [0.25, 0.3) is 0 Å². The van der Waals surface area contributed by atoms with E-state index in [2.05, 4.69) is 20.4 Å². The van der Waals surface area contributed by atoms with Gasteiger partial charge >= 0.3 is 6.36 Å². The van der Waals surface area contributed by atoms with Crippen molar-refractivity contribution in [2.24, 2.45) is 16.6 Å². The van der Waals surface area contributed by atoms with Gasteiger partial charge in [-0.2, -0.15) is 0 Å². The molecule has 0 radical (unpaired) electrons. The molecule has 0 aromatic heterocycles. The van der Waals surface area contributed by atoms with Gasteiger partial charge in [0.1, 0.15) is 6.04 Å². The van der Waals surface area contributed by atoms with Gasteiger partial charge in [-0.3, -0.25) is 14.9 Å². The molecule has 2 amide bonds. The third kappa shape index (κ3) is 10.3. The number of carbonyl (C=O) groups is 2. The number of carbonyl (C=O) groups excluding carboxylic acids is 2. The molecular formula is C26H32F4N4O5. The molecule has 1 unspecified atom stereocenters. The Hall–Kier alpha value is -4.03. The Morgan fingerprint density at radius 2 is 1.67 bits per heavy atom. The fourth-order valence-corrected chi connectivity index (χ4v) is 3.50. The summed E-state index contributed by atoms with van der Waals surface area (Å²) >= 11 is 0. The van der Waals surface area contributed by atoms with Crippen molar-refractivity contribution in [2.75, 3.05) is 14.2 Å². The van der Waals surface area contributed by atoms with E-state index in [0.29, 0.717) is 23.5 Å². The summed E-state index contributed by atoms with van der Waals surface area (Å²) in [5.74, 6) is -2.50. The first kappa shape index (κ1) is 31.2. The minimum Gasteiger partial charge on any atom is -0.493 e. The molecule has 0 heterocycles. The molecule has 0 aliphatic rings. The number of alkyl halides is 3. The molecule has 0 aliphatic heterocycles. The molecule has 0 spiro atoms. The molecule has 2 aromatic carbocycles. The van der Waals surface area contributed by atoms with Crippen molar-refractivity contribution < 1.29 is 41.4 Å². The standard InChI is InChI=1S/C26H32F4N4O5/c1-5-15(2)10-19(24(36)32-14-17-6-8-18(27)21(12-17)39-26(28,29)30)33-25(31)34-23(35)13-16-7-9-20(37-3)22(11-16)38-4/h6-9,11-12,15,19H,5,10,13-14H2,1-4H3,(H,32,36)(H3,31,33,34,35)/t15?,19-/m1/s1. The highest BCUT2D eigenvalue weighted by Gasteiger charge is 2.32. The van der Waals surface area contributed by atoms with Crippen LogP contribution in [0.1, 0.15) is 37.8 Å². The molecule has 2 aromatic rings. The van der Waals surface area contributed by atoms with Crippen LogP contribution >= 0.6 is 0 Å². The Kier molecular flexibility index (Phi) is 11.4. The topological polar surface area (TPSA) is 124 Å². The van der Waals surface area contributed by atoms with E-state index < -0.39 is 35.8 Å². The average Bonchev–Trinajstić information content (AvgIpc) is 2.87. The van der Waals surface area contributed by atoms with E-state index in [-0.39, 0.29) is 30.4 Å². The van der Waals surface area contributed by atoms with Crippen molar-refractivity contribution in [3.63, 3.8) is 0 Å². The largest absolute Gasteiger partial charge is 0.573 e. The third-order valence-corrected chi connectivity index (χ3v) is 5.69. The highest BCUT2D eigenvalue weighted by atomic mass is 19.4. The van der Waals surface area contributed by atoms with Gasteiger partial charge in [0.25, 0.3) is 0 Å². The summed E-state index contributed by atoms with van der Waals surface area (Å²) in [5.41, 5.74) is 6.71. The van der Waals surface area contributed by atoms with Crippen LogP contribution in [-0.2, 0) is 22.6 Å². The van der Waals surface area contributed by atoms with Crippen molar-refractivity contribution in [3.05, 3.63) is 53.3 Å². The van der Waals surface area contributed by atoms with Crippen molar-refractivity contribution >= 4 is 17.8 Å². The summed E-state index contributed by atoms with van der Waals surface area (Å²) < 4.78 is 65.3. The maximum Gasteiger partial charge on any atom is 0.573 e. The van der Waals surface area contributed by atoms with E-state index in [9.17, 15) is 27.2 Å². The van der Waals surface area contributed by atoms with E-state index in [1.54, 1.807) is 18.2 Å². The molecule has 0 aliphatic carbocycles. The first-order chi connectivity index (χ1) is 18.3.